The maximum absolute atomic E-state index is 13.0. The minimum absolute atomic E-state index is 0.155. The molecule has 4 nitrogen and oxygen atoms in total. The van der Waals surface area contributed by atoms with E-state index in [2.05, 4.69) is 4.99 Å². The molecule has 1 N–H and O–H groups in total. The summed E-state index contributed by atoms with van der Waals surface area (Å²) in [5.41, 5.74) is 2.25. The second kappa shape index (κ2) is 7.25. The standard InChI is InChI=1S/C19H16F2N2O2/c20-17(21)12-23-16(13-4-2-1-3-5-13)10-11-18(23)22-15-8-6-14(7-9-15)19(24)25/h1-10,17H,11-12H2,(H,24,25). The van der Waals surface area contributed by atoms with E-state index in [0.29, 0.717) is 23.6 Å². The van der Waals surface area contributed by atoms with Crippen LogP contribution in [0.4, 0.5) is 14.5 Å². The van der Waals surface area contributed by atoms with Crippen LogP contribution >= 0.6 is 0 Å². The maximum Gasteiger partial charge on any atom is 0.335 e. The Balaban J connectivity index is 1.89. The highest BCUT2D eigenvalue weighted by Gasteiger charge is 2.25. The Morgan fingerprint density at radius 3 is 2.40 bits per heavy atom. The maximum atomic E-state index is 13.0. The number of carbonyl (C=O) groups is 1. The first-order valence-corrected chi connectivity index (χ1v) is 7.77. The summed E-state index contributed by atoms with van der Waals surface area (Å²) in [6, 6.07) is 15.3. The van der Waals surface area contributed by atoms with E-state index < -0.39 is 18.9 Å². The van der Waals surface area contributed by atoms with Gasteiger partial charge in [-0.15, -0.1) is 0 Å². The van der Waals surface area contributed by atoms with E-state index in [1.54, 1.807) is 12.1 Å². The molecule has 2 aromatic rings. The van der Waals surface area contributed by atoms with Gasteiger partial charge >= 0.3 is 5.97 Å². The predicted molar refractivity (Wildman–Crippen MR) is 92.2 cm³/mol. The van der Waals surface area contributed by atoms with Gasteiger partial charge in [0.15, 0.2) is 0 Å². The molecule has 0 atom stereocenters. The van der Waals surface area contributed by atoms with Gasteiger partial charge in [-0.25, -0.2) is 18.6 Å². The van der Waals surface area contributed by atoms with Crippen molar-refractivity contribution in [2.24, 2.45) is 4.99 Å². The van der Waals surface area contributed by atoms with Crippen LogP contribution in [-0.2, 0) is 0 Å². The molecular weight excluding hydrogens is 326 g/mol. The zero-order valence-electron chi connectivity index (χ0n) is 13.3. The molecule has 0 fully saturated rings. The number of hydrogen-bond acceptors (Lipinski definition) is 2. The number of carboxylic acids is 1. The molecule has 0 amide bonds. The molecular formula is C19H16F2N2O2. The number of hydrogen-bond donors (Lipinski definition) is 1. The van der Waals surface area contributed by atoms with Crippen LogP contribution in [0.15, 0.2) is 65.7 Å². The van der Waals surface area contributed by atoms with Gasteiger partial charge in [-0.2, -0.15) is 0 Å². The van der Waals surface area contributed by atoms with Crippen molar-refractivity contribution in [2.45, 2.75) is 12.8 Å². The van der Waals surface area contributed by atoms with Crippen molar-refractivity contribution in [3.63, 3.8) is 0 Å². The molecule has 0 aromatic heterocycles. The first-order valence-electron chi connectivity index (χ1n) is 7.77. The first-order chi connectivity index (χ1) is 12.0. The number of rotatable bonds is 5. The molecule has 0 spiro atoms. The zero-order valence-corrected chi connectivity index (χ0v) is 13.3. The van der Waals surface area contributed by atoms with Crippen molar-refractivity contribution in [3.05, 3.63) is 71.8 Å². The lowest BCUT2D eigenvalue weighted by Crippen LogP contribution is -2.29. The van der Waals surface area contributed by atoms with Gasteiger partial charge in [0.25, 0.3) is 6.43 Å². The Morgan fingerprint density at radius 1 is 1.12 bits per heavy atom. The van der Waals surface area contributed by atoms with Gasteiger partial charge in [-0.05, 0) is 29.8 Å². The van der Waals surface area contributed by atoms with Crippen LogP contribution in [0.3, 0.4) is 0 Å². The fourth-order valence-corrected chi connectivity index (χ4v) is 2.71. The quantitative estimate of drug-likeness (QED) is 0.875. The largest absolute Gasteiger partial charge is 0.478 e. The zero-order chi connectivity index (χ0) is 17.8. The van der Waals surface area contributed by atoms with Crippen molar-refractivity contribution in [1.82, 2.24) is 4.90 Å². The van der Waals surface area contributed by atoms with Gasteiger partial charge in [-0.3, -0.25) is 0 Å². The summed E-state index contributed by atoms with van der Waals surface area (Å²) in [5, 5.41) is 8.93. The molecule has 1 aliphatic rings. The Hall–Kier alpha value is -3.02. The summed E-state index contributed by atoms with van der Waals surface area (Å²) < 4.78 is 26.1. The van der Waals surface area contributed by atoms with E-state index in [9.17, 15) is 13.6 Å². The van der Waals surface area contributed by atoms with Crippen LogP contribution in [0, 0.1) is 0 Å². The number of alkyl halides is 2. The van der Waals surface area contributed by atoms with Crippen LogP contribution in [0.25, 0.3) is 5.70 Å². The average molecular weight is 342 g/mol. The second-order valence-electron chi connectivity index (χ2n) is 5.54. The third-order valence-electron chi connectivity index (χ3n) is 3.84. The fraction of sp³-hybridized carbons (Fsp3) is 0.158. The Kier molecular flexibility index (Phi) is 4.88. The Labute approximate surface area is 143 Å². The highest BCUT2D eigenvalue weighted by Crippen LogP contribution is 2.29. The summed E-state index contributed by atoms with van der Waals surface area (Å²) in [7, 11) is 0. The van der Waals surface area contributed by atoms with Crippen LogP contribution < -0.4 is 0 Å². The van der Waals surface area contributed by atoms with Crippen molar-refractivity contribution in [1.29, 1.82) is 0 Å². The number of nitrogens with zero attached hydrogens (tertiary/aromatic N) is 2. The summed E-state index contributed by atoms with van der Waals surface area (Å²) in [6.07, 6.45) is -0.176. The van der Waals surface area contributed by atoms with E-state index >= 15 is 0 Å². The smallest absolute Gasteiger partial charge is 0.335 e. The van der Waals surface area contributed by atoms with Crippen LogP contribution in [-0.4, -0.2) is 34.8 Å². The van der Waals surface area contributed by atoms with E-state index in [4.69, 9.17) is 5.11 Å². The fourth-order valence-electron chi connectivity index (χ4n) is 2.71. The Morgan fingerprint density at radius 2 is 1.80 bits per heavy atom. The molecule has 0 saturated heterocycles. The van der Waals surface area contributed by atoms with Crippen molar-refractivity contribution < 1.29 is 18.7 Å². The SMILES string of the molecule is O=C(O)c1ccc(N=C2CC=C(c3ccccc3)N2CC(F)F)cc1. The van der Waals surface area contributed by atoms with Gasteiger partial charge in [-0.1, -0.05) is 36.4 Å². The Bertz CT molecular complexity index is 815. The predicted octanol–water partition coefficient (Wildman–Crippen LogP) is 4.43. The molecule has 3 rings (SSSR count). The highest BCUT2D eigenvalue weighted by molar-refractivity contribution is 5.98. The molecule has 6 heteroatoms. The molecule has 1 heterocycles. The molecule has 25 heavy (non-hydrogen) atoms. The van der Waals surface area contributed by atoms with E-state index in [1.807, 2.05) is 36.4 Å². The minimum Gasteiger partial charge on any atom is -0.478 e. The number of carboxylic acid groups (broad SMARTS) is 1. The lowest BCUT2D eigenvalue weighted by Gasteiger charge is -2.23. The van der Waals surface area contributed by atoms with Crippen LogP contribution in [0.2, 0.25) is 0 Å². The first kappa shape index (κ1) is 16.8. The third kappa shape index (κ3) is 3.91. The van der Waals surface area contributed by atoms with Gasteiger partial charge in [0.05, 0.1) is 17.8 Å². The third-order valence-corrected chi connectivity index (χ3v) is 3.84. The molecule has 0 saturated carbocycles. The molecule has 2 aromatic carbocycles. The van der Waals surface area contributed by atoms with Gasteiger partial charge in [0.2, 0.25) is 0 Å². The van der Waals surface area contributed by atoms with Gasteiger partial charge in [0.1, 0.15) is 5.84 Å². The van der Waals surface area contributed by atoms with Crippen molar-refractivity contribution in [2.75, 3.05) is 6.54 Å². The number of halogens is 2. The van der Waals surface area contributed by atoms with E-state index in [1.165, 1.54) is 17.0 Å². The topological polar surface area (TPSA) is 52.9 Å². The normalized spacial score (nSPS) is 15.7. The van der Waals surface area contributed by atoms with Crippen molar-refractivity contribution in [3.8, 4) is 0 Å². The van der Waals surface area contributed by atoms with E-state index in [-0.39, 0.29) is 5.56 Å². The highest BCUT2D eigenvalue weighted by atomic mass is 19.3. The molecule has 1 aliphatic heterocycles. The number of aromatic carboxylic acids is 1. The molecule has 0 bridgehead atoms. The molecule has 128 valence electrons. The summed E-state index contributed by atoms with van der Waals surface area (Å²) in [6.45, 7) is -0.438. The van der Waals surface area contributed by atoms with Gasteiger partial charge in [0, 0.05) is 12.1 Å². The van der Waals surface area contributed by atoms with Crippen LogP contribution in [0.1, 0.15) is 22.3 Å². The summed E-state index contributed by atoms with van der Waals surface area (Å²) in [5.74, 6) is -0.505. The second-order valence-corrected chi connectivity index (χ2v) is 5.54. The van der Waals surface area contributed by atoms with Gasteiger partial charge < -0.3 is 10.0 Å². The molecule has 0 aliphatic carbocycles. The van der Waals surface area contributed by atoms with Crippen molar-refractivity contribution >= 4 is 23.2 Å². The average Bonchev–Trinajstić information content (AvgIpc) is 2.98. The van der Waals surface area contributed by atoms with E-state index in [0.717, 1.165) is 5.56 Å². The molecule has 0 radical (unpaired) electrons. The van der Waals surface area contributed by atoms with Crippen LogP contribution in [0.5, 0.6) is 0 Å². The summed E-state index contributed by atoms with van der Waals surface area (Å²) in [4.78, 5) is 16.8. The number of amidine groups is 1. The summed E-state index contributed by atoms with van der Waals surface area (Å²) >= 11 is 0. The minimum atomic E-state index is -2.50. The monoisotopic (exact) mass is 342 g/mol. The molecule has 0 unspecified atom stereocenters. The lowest BCUT2D eigenvalue weighted by atomic mass is 10.1. The number of aliphatic imine (C=N–C) groups is 1. The number of benzene rings is 2. The lowest BCUT2D eigenvalue weighted by molar-refractivity contribution is 0.0697.